The Morgan fingerprint density at radius 3 is 2.40 bits per heavy atom. The minimum atomic E-state index is -0.534. The van der Waals surface area contributed by atoms with E-state index < -0.39 is 6.10 Å². The van der Waals surface area contributed by atoms with E-state index in [2.05, 4.69) is 12.1 Å². The highest BCUT2D eigenvalue weighted by Gasteiger charge is 2.50. The van der Waals surface area contributed by atoms with E-state index in [0.717, 1.165) is 18.4 Å². The van der Waals surface area contributed by atoms with E-state index in [1.54, 1.807) is 13.2 Å². The van der Waals surface area contributed by atoms with Crippen LogP contribution in [0.5, 0.6) is 5.75 Å². The van der Waals surface area contributed by atoms with Gasteiger partial charge in [0.15, 0.2) is 0 Å². The van der Waals surface area contributed by atoms with Crippen molar-refractivity contribution < 1.29 is 9.84 Å². The molecule has 104 valence electrons. The first kappa shape index (κ1) is 13.5. The van der Waals surface area contributed by atoms with Gasteiger partial charge in [-0.05, 0) is 36.1 Å². The van der Waals surface area contributed by atoms with Crippen LogP contribution in [-0.4, -0.2) is 12.2 Å². The lowest BCUT2D eigenvalue weighted by Gasteiger charge is -2.23. The summed E-state index contributed by atoms with van der Waals surface area (Å²) in [5.74, 6) is 0.632. The molecule has 20 heavy (non-hydrogen) atoms. The van der Waals surface area contributed by atoms with Crippen LogP contribution >= 0.6 is 11.6 Å². The Morgan fingerprint density at radius 1 is 1.15 bits per heavy atom. The number of hydrogen-bond acceptors (Lipinski definition) is 2. The molecule has 1 atom stereocenters. The second-order valence-corrected chi connectivity index (χ2v) is 5.73. The fourth-order valence-electron chi connectivity index (χ4n) is 2.80. The van der Waals surface area contributed by atoms with Gasteiger partial charge in [0.2, 0.25) is 0 Å². The number of ether oxygens (including phenoxy) is 1. The summed E-state index contributed by atoms with van der Waals surface area (Å²) >= 11 is 6.15. The normalized spacial score (nSPS) is 17.6. The van der Waals surface area contributed by atoms with Gasteiger partial charge in [0.05, 0.1) is 18.2 Å². The van der Waals surface area contributed by atoms with E-state index >= 15 is 0 Å². The average Bonchev–Trinajstić information content (AvgIpc) is 3.29. The number of methoxy groups -OCH3 is 1. The average molecular weight is 289 g/mol. The molecule has 1 aliphatic rings. The fraction of sp³-hybridized carbons (Fsp3) is 0.294. The first-order chi connectivity index (χ1) is 9.67. The van der Waals surface area contributed by atoms with Crippen LogP contribution in [0.25, 0.3) is 0 Å². The zero-order valence-corrected chi connectivity index (χ0v) is 12.1. The summed E-state index contributed by atoms with van der Waals surface area (Å²) in [6.45, 7) is 0. The molecule has 0 saturated heterocycles. The lowest BCUT2D eigenvalue weighted by atomic mass is 9.86. The molecule has 0 aliphatic heterocycles. The molecule has 1 N–H and O–H groups in total. The van der Waals surface area contributed by atoms with Crippen LogP contribution in [0.2, 0.25) is 5.02 Å². The van der Waals surface area contributed by atoms with Gasteiger partial charge in [-0.2, -0.15) is 0 Å². The molecule has 1 aliphatic carbocycles. The molecular formula is C17H17ClO2. The molecule has 3 heteroatoms. The lowest BCUT2D eigenvalue weighted by molar-refractivity contribution is 0.133. The SMILES string of the molecule is COc1ccc(C(O)C2(c3ccccc3)CC2)cc1Cl. The van der Waals surface area contributed by atoms with E-state index in [-0.39, 0.29) is 5.41 Å². The first-order valence-corrected chi connectivity index (χ1v) is 7.12. The van der Waals surface area contributed by atoms with Gasteiger partial charge in [-0.3, -0.25) is 0 Å². The Hall–Kier alpha value is -1.51. The van der Waals surface area contributed by atoms with Gasteiger partial charge in [0.1, 0.15) is 5.75 Å². The third-order valence-electron chi connectivity index (χ3n) is 4.15. The van der Waals surface area contributed by atoms with Crippen LogP contribution in [0.15, 0.2) is 48.5 Å². The molecule has 0 aromatic heterocycles. The molecule has 1 saturated carbocycles. The maximum Gasteiger partial charge on any atom is 0.137 e. The van der Waals surface area contributed by atoms with E-state index in [0.29, 0.717) is 10.8 Å². The highest BCUT2D eigenvalue weighted by molar-refractivity contribution is 6.32. The van der Waals surface area contributed by atoms with E-state index in [4.69, 9.17) is 16.3 Å². The van der Waals surface area contributed by atoms with Crippen molar-refractivity contribution in [2.24, 2.45) is 0 Å². The van der Waals surface area contributed by atoms with Gasteiger partial charge >= 0.3 is 0 Å². The van der Waals surface area contributed by atoms with Crippen molar-refractivity contribution >= 4 is 11.6 Å². The van der Waals surface area contributed by atoms with Gasteiger partial charge in [-0.15, -0.1) is 0 Å². The Bertz CT molecular complexity index is 606. The maximum absolute atomic E-state index is 10.8. The van der Waals surface area contributed by atoms with Gasteiger partial charge < -0.3 is 9.84 Å². The second kappa shape index (κ2) is 5.12. The zero-order chi connectivity index (χ0) is 14.2. The van der Waals surface area contributed by atoms with Crippen molar-refractivity contribution in [1.82, 2.24) is 0 Å². The first-order valence-electron chi connectivity index (χ1n) is 6.74. The van der Waals surface area contributed by atoms with Crippen LogP contribution in [-0.2, 0) is 5.41 Å². The van der Waals surface area contributed by atoms with Crippen molar-refractivity contribution in [3.63, 3.8) is 0 Å². The predicted octanol–water partition coefficient (Wildman–Crippen LogP) is 4.11. The summed E-state index contributed by atoms with van der Waals surface area (Å²) in [6, 6.07) is 15.7. The summed E-state index contributed by atoms with van der Waals surface area (Å²) in [5.41, 5.74) is 1.88. The van der Waals surface area contributed by atoms with Crippen molar-refractivity contribution in [3.05, 3.63) is 64.7 Å². The van der Waals surface area contributed by atoms with Gasteiger partial charge in [0.25, 0.3) is 0 Å². The number of aliphatic hydroxyl groups excluding tert-OH is 1. The van der Waals surface area contributed by atoms with Gasteiger partial charge in [-0.1, -0.05) is 48.0 Å². The Labute approximate surface area is 124 Å². The molecule has 0 spiro atoms. The largest absolute Gasteiger partial charge is 0.495 e. The number of benzene rings is 2. The zero-order valence-electron chi connectivity index (χ0n) is 11.3. The third-order valence-corrected chi connectivity index (χ3v) is 4.45. The van der Waals surface area contributed by atoms with Crippen LogP contribution in [0.3, 0.4) is 0 Å². The van der Waals surface area contributed by atoms with Crippen LogP contribution in [0.4, 0.5) is 0 Å². The third kappa shape index (κ3) is 2.19. The van der Waals surface area contributed by atoms with E-state index in [1.165, 1.54) is 5.56 Å². The summed E-state index contributed by atoms with van der Waals surface area (Å²) < 4.78 is 5.15. The highest BCUT2D eigenvalue weighted by Crippen LogP contribution is 2.56. The molecule has 3 rings (SSSR count). The highest BCUT2D eigenvalue weighted by atomic mass is 35.5. The molecule has 0 radical (unpaired) electrons. The maximum atomic E-state index is 10.8. The molecule has 2 aromatic carbocycles. The second-order valence-electron chi connectivity index (χ2n) is 5.32. The molecule has 2 aromatic rings. The quantitative estimate of drug-likeness (QED) is 0.917. The topological polar surface area (TPSA) is 29.5 Å². The predicted molar refractivity (Wildman–Crippen MR) is 80.3 cm³/mol. The summed E-state index contributed by atoms with van der Waals surface area (Å²) in [7, 11) is 1.59. The molecule has 0 bridgehead atoms. The minimum absolute atomic E-state index is 0.154. The van der Waals surface area contributed by atoms with Gasteiger partial charge in [0, 0.05) is 5.41 Å². The van der Waals surface area contributed by atoms with Crippen molar-refractivity contribution in [2.75, 3.05) is 7.11 Å². The number of halogens is 1. The standard InChI is InChI=1S/C17H17ClO2/c1-20-15-8-7-12(11-14(15)18)16(19)17(9-10-17)13-5-3-2-4-6-13/h2-8,11,16,19H,9-10H2,1H3. The lowest BCUT2D eigenvalue weighted by Crippen LogP contribution is -2.18. The van der Waals surface area contributed by atoms with Crippen LogP contribution in [0.1, 0.15) is 30.1 Å². The van der Waals surface area contributed by atoms with E-state index in [9.17, 15) is 5.11 Å². The fourth-order valence-corrected chi connectivity index (χ4v) is 3.06. The van der Waals surface area contributed by atoms with Crippen molar-refractivity contribution in [1.29, 1.82) is 0 Å². The van der Waals surface area contributed by atoms with Crippen LogP contribution in [0, 0.1) is 0 Å². The number of rotatable bonds is 4. The molecule has 2 nitrogen and oxygen atoms in total. The van der Waals surface area contributed by atoms with Crippen molar-refractivity contribution in [2.45, 2.75) is 24.4 Å². The molecule has 0 amide bonds. The summed E-state index contributed by atoms with van der Waals surface area (Å²) in [4.78, 5) is 0. The molecule has 1 unspecified atom stereocenters. The molecular weight excluding hydrogens is 272 g/mol. The monoisotopic (exact) mass is 288 g/mol. The number of hydrogen-bond donors (Lipinski definition) is 1. The Balaban J connectivity index is 1.93. The smallest absolute Gasteiger partial charge is 0.137 e. The Kier molecular flexibility index (Phi) is 3.45. The summed E-state index contributed by atoms with van der Waals surface area (Å²) in [5, 5.41) is 11.3. The Morgan fingerprint density at radius 2 is 1.85 bits per heavy atom. The number of aliphatic hydroxyl groups is 1. The van der Waals surface area contributed by atoms with Crippen LogP contribution < -0.4 is 4.74 Å². The molecule has 0 heterocycles. The van der Waals surface area contributed by atoms with Gasteiger partial charge in [-0.25, -0.2) is 0 Å². The summed E-state index contributed by atoms with van der Waals surface area (Å²) in [6.07, 6.45) is 1.47. The molecule has 1 fully saturated rings. The van der Waals surface area contributed by atoms with E-state index in [1.807, 2.05) is 30.3 Å². The van der Waals surface area contributed by atoms with Crippen molar-refractivity contribution in [3.8, 4) is 5.75 Å². The minimum Gasteiger partial charge on any atom is -0.495 e.